The van der Waals surface area contributed by atoms with Crippen molar-refractivity contribution in [3.63, 3.8) is 0 Å². The Bertz CT molecular complexity index is 615. The Morgan fingerprint density at radius 1 is 1.25 bits per heavy atom. The highest BCUT2D eigenvalue weighted by molar-refractivity contribution is 5.81. The lowest BCUT2D eigenvalue weighted by atomic mass is 10.1. The van der Waals surface area contributed by atoms with Crippen LogP contribution in [0.25, 0.3) is 11.0 Å². The van der Waals surface area contributed by atoms with E-state index in [0.29, 0.717) is 0 Å². The number of imidazole rings is 1. The maximum Gasteiger partial charge on any atom is 0.325 e. The summed E-state index contributed by atoms with van der Waals surface area (Å²) in [5.41, 5.74) is 1.91. The largest absolute Gasteiger partial charge is 0.468 e. The summed E-state index contributed by atoms with van der Waals surface area (Å²) in [4.78, 5) is 18.6. The summed E-state index contributed by atoms with van der Waals surface area (Å²) in [6.45, 7) is 2.22. The normalized spacial score (nSPS) is 15.6. The van der Waals surface area contributed by atoms with Crippen LogP contribution in [0.3, 0.4) is 0 Å². The Hall–Kier alpha value is -2.04. The summed E-state index contributed by atoms with van der Waals surface area (Å²) in [7, 11) is 1.42. The van der Waals surface area contributed by atoms with E-state index in [9.17, 15) is 4.79 Å². The Labute approximate surface area is 118 Å². The smallest absolute Gasteiger partial charge is 0.325 e. The zero-order valence-electron chi connectivity index (χ0n) is 11.7. The summed E-state index contributed by atoms with van der Waals surface area (Å²) >= 11 is 0. The quantitative estimate of drug-likeness (QED) is 0.804. The molecule has 0 unspecified atom stereocenters. The number of methoxy groups -OCH3 is 1. The summed E-state index contributed by atoms with van der Waals surface area (Å²) < 4.78 is 6.77. The third-order valence-electron chi connectivity index (χ3n) is 3.79. The predicted molar refractivity (Wildman–Crippen MR) is 77.8 cm³/mol. The van der Waals surface area contributed by atoms with Crippen LogP contribution in [0.15, 0.2) is 24.3 Å². The minimum atomic E-state index is -0.244. The van der Waals surface area contributed by atoms with Gasteiger partial charge in [0.1, 0.15) is 6.54 Å². The Balaban J connectivity index is 2.04. The molecule has 106 valence electrons. The van der Waals surface area contributed by atoms with Crippen molar-refractivity contribution in [3.05, 3.63) is 24.3 Å². The molecule has 0 bridgehead atoms. The van der Waals surface area contributed by atoms with Crippen LogP contribution in [0.4, 0.5) is 5.95 Å². The van der Waals surface area contributed by atoms with E-state index in [4.69, 9.17) is 9.72 Å². The summed E-state index contributed by atoms with van der Waals surface area (Å²) in [6.07, 6.45) is 3.64. The number of ether oxygens (including phenoxy) is 1. The molecule has 20 heavy (non-hydrogen) atoms. The van der Waals surface area contributed by atoms with Gasteiger partial charge in [-0.2, -0.15) is 0 Å². The van der Waals surface area contributed by atoms with Crippen LogP contribution in [0.5, 0.6) is 0 Å². The molecule has 2 heterocycles. The second-order valence-electron chi connectivity index (χ2n) is 5.11. The number of hydrogen-bond acceptors (Lipinski definition) is 4. The molecule has 5 heteroatoms. The third-order valence-corrected chi connectivity index (χ3v) is 3.79. The molecule has 5 nitrogen and oxygen atoms in total. The molecule has 0 amide bonds. The first-order valence-electron chi connectivity index (χ1n) is 7.06. The second kappa shape index (κ2) is 5.53. The number of carbonyl (C=O) groups excluding carboxylic acids is 1. The van der Waals surface area contributed by atoms with Gasteiger partial charge in [-0.1, -0.05) is 12.1 Å². The molecule has 1 saturated heterocycles. The van der Waals surface area contributed by atoms with Gasteiger partial charge in [0.15, 0.2) is 0 Å². The van der Waals surface area contributed by atoms with Gasteiger partial charge >= 0.3 is 5.97 Å². The molecule has 2 aromatic rings. The third kappa shape index (κ3) is 2.35. The molecule has 0 spiro atoms. The first kappa shape index (κ1) is 13.0. The molecule has 1 aliphatic heterocycles. The molecule has 1 aromatic heterocycles. The molecule has 1 fully saturated rings. The Morgan fingerprint density at radius 3 is 2.75 bits per heavy atom. The number of fused-ring (bicyclic) bond motifs is 1. The lowest BCUT2D eigenvalue weighted by molar-refractivity contribution is -0.141. The molecular formula is C15H19N3O2. The molecule has 0 radical (unpaired) electrons. The first-order valence-corrected chi connectivity index (χ1v) is 7.06. The summed E-state index contributed by atoms with van der Waals surface area (Å²) in [5.74, 6) is 0.641. The number of rotatable bonds is 3. The van der Waals surface area contributed by atoms with E-state index in [0.717, 1.165) is 30.1 Å². The van der Waals surface area contributed by atoms with E-state index in [1.54, 1.807) is 0 Å². The number of nitrogens with zero attached hydrogens (tertiary/aromatic N) is 3. The Kier molecular flexibility index (Phi) is 3.58. The topological polar surface area (TPSA) is 47.4 Å². The van der Waals surface area contributed by atoms with Crippen molar-refractivity contribution in [1.82, 2.24) is 9.55 Å². The molecule has 1 aliphatic rings. The predicted octanol–water partition coefficient (Wildman–Crippen LogP) is 2.20. The number of hydrogen-bond donors (Lipinski definition) is 0. The molecule has 0 atom stereocenters. The van der Waals surface area contributed by atoms with Crippen LogP contribution in [-0.2, 0) is 16.1 Å². The highest BCUT2D eigenvalue weighted by atomic mass is 16.5. The van der Waals surface area contributed by atoms with Crippen molar-refractivity contribution in [2.24, 2.45) is 0 Å². The van der Waals surface area contributed by atoms with Crippen molar-refractivity contribution in [3.8, 4) is 0 Å². The SMILES string of the molecule is COC(=O)Cn1c(N2CCCCC2)nc2ccccc21. The monoisotopic (exact) mass is 273 g/mol. The van der Waals surface area contributed by atoms with E-state index in [-0.39, 0.29) is 12.5 Å². The van der Waals surface area contributed by atoms with E-state index in [1.807, 2.05) is 28.8 Å². The van der Waals surface area contributed by atoms with E-state index in [1.165, 1.54) is 26.4 Å². The van der Waals surface area contributed by atoms with Crippen LogP contribution in [0.1, 0.15) is 19.3 Å². The zero-order valence-corrected chi connectivity index (χ0v) is 11.7. The van der Waals surface area contributed by atoms with Gasteiger partial charge in [-0.3, -0.25) is 9.36 Å². The fraction of sp³-hybridized carbons (Fsp3) is 0.467. The maximum absolute atomic E-state index is 11.7. The van der Waals surface area contributed by atoms with Crippen LogP contribution >= 0.6 is 0 Å². The van der Waals surface area contributed by atoms with Gasteiger partial charge in [0, 0.05) is 13.1 Å². The maximum atomic E-state index is 11.7. The number of anilines is 1. The minimum absolute atomic E-state index is 0.211. The van der Waals surface area contributed by atoms with Crippen molar-refractivity contribution < 1.29 is 9.53 Å². The highest BCUT2D eigenvalue weighted by Gasteiger charge is 2.20. The molecule has 1 aromatic carbocycles. The highest BCUT2D eigenvalue weighted by Crippen LogP contribution is 2.25. The average molecular weight is 273 g/mol. The van der Waals surface area contributed by atoms with Crippen LogP contribution in [0, 0.1) is 0 Å². The van der Waals surface area contributed by atoms with Gasteiger partial charge in [0.2, 0.25) is 5.95 Å². The molecule has 0 N–H and O–H groups in total. The fourth-order valence-corrected chi connectivity index (χ4v) is 2.75. The van der Waals surface area contributed by atoms with Gasteiger partial charge in [0.05, 0.1) is 18.1 Å². The zero-order chi connectivity index (χ0) is 13.9. The number of aromatic nitrogens is 2. The second-order valence-corrected chi connectivity index (χ2v) is 5.11. The van der Waals surface area contributed by atoms with Gasteiger partial charge in [0.25, 0.3) is 0 Å². The standard InChI is InChI=1S/C15H19N3O2/c1-20-14(19)11-18-13-8-4-3-7-12(13)16-15(18)17-9-5-2-6-10-17/h3-4,7-8H,2,5-6,9-11H2,1H3. The van der Waals surface area contributed by atoms with E-state index >= 15 is 0 Å². The number of piperidine rings is 1. The van der Waals surface area contributed by atoms with Crippen molar-refractivity contribution in [2.45, 2.75) is 25.8 Å². The molecule has 3 rings (SSSR count). The lowest BCUT2D eigenvalue weighted by Crippen LogP contribution is -2.32. The van der Waals surface area contributed by atoms with E-state index in [2.05, 4.69) is 4.90 Å². The first-order chi connectivity index (χ1) is 9.79. The van der Waals surface area contributed by atoms with Crippen molar-refractivity contribution in [2.75, 3.05) is 25.1 Å². The molecule has 0 saturated carbocycles. The van der Waals surface area contributed by atoms with Crippen molar-refractivity contribution in [1.29, 1.82) is 0 Å². The number of esters is 1. The van der Waals surface area contributed by atoms with Gasteiger partial charge < -0.3 is 9.64 Å². The minimum Gasteiger partial charge on any atom is -0.468 e. The van der Waals surface area contributed by atoms with Crippen LogP contribution < -0.4 is 4.90 Å². The van der Waals surface area contributed by atoms with Gasteiger partial charge in [-0.25, -0.2) is 4.98 Å². The lowest BCUT2D eigenvalue weighted by Gasteiger charge is -2.28. The summed E-state index contributed by atoms with van der Waals surface area (Å²) in [6, 6.07) is 7.92. The number of para-hydroxylation sites is 2. The average Bonchev–Trinajstić information content (AvgIpc) is 2.87. The van der Waals surface area contributed by atoms with Crippen LogP contribution in [-0.4, -0.2) is 35.7 Å². The number of benzene rings is 1. The summed E-state index contributed by atoms with van der Waals surface area (Å²) in [5, 5.41) is 0. The number of carbonyl (C=O) groups is 1. The van der Waals surface area contributed by atoms with Crippen LogP contribution in [0.2, 0.25) is 0 Å². The van der Waals surface area contributed by atoms with E-state index < -0.39 is 0 Å². The Morgan fingerprint density at radius 2 is 2.00 bits per heavy atom. The fourth-order valence-electron chi connectivity index (χ4n) is 2.75. The van der Waals surface area contributed by atoms with Gasteiger partial charge in [-0.05, 0) is 31.4 Å². The molecule has 0 aliphatic carbocycles. The molecular weight excluding hydrogens is 254 g/mol. The van der Waals surface area contributed by atoms with Gasteiger partial charge in [-0.15, -0.1) is 0 Å². The van der Waals surface area contributed by atoms with Crippen molar-refractivity contribution >= 4 is 23.0 Å².